The predicted molar refractivity (Wildman–Crippen MR) is 125 cm³/mol. The molecule has 1 aromatic heterocycles. The Kier molecular flexibility index (Phi) is 6.70. The van der Waals surface area contributed by atoms with Gasteiger partial charge in [-0.05, 0) is 49.2 Å². The summed E-state index contributed by atoms with van der Waals surface area (Å²) in [6.07, 6.45) is 2.42. The molecule has 5 nitrogen and oxygen atoms in total. The van der Waals surface area contributed by atoms with Gasteiger partial charge in [0.05, 0.1) is 0 Å². The largest absolute Gasteiger partial charge is 0.490 e. The molecular weight excluding hydrogens is 405 g/mol. The molecule has 1 amide bonds. The molecule has 0 aliphatic carbocycles. The van der Waals surface area contributed by atoms with Gasteiger partial charge in [-0.15, -0.1) is 0 Å². The number of piperidine rings is 1. The topological polar surface area (TPSA) is 54.5 Å². The van der Waals surface area contributed by atoms with E-state index in [9.17, 15) is 4.79 Å². The first-order valence-electron chi connectivity index (χ1n) is 11.2. The number of alkyl halides is 1. The van der Waals surface area contributed by atoms with E-state index in [1.807, 2.05) is 62.4 Å². The highest BCUT2D eigenvalue weighted by Gasteiger charge is 2.35. The van der Waals surface area contributed by atoms with E-state index in [2.05, 4.69) is 10.3 Å². The van der Waals surface area contributed by atoms with Gasteiger partial charge in [-0.1, -0.05) is 24.3 Å². The summed E-state index contributed by atoms with van der Waals surface area (Å²) in [6, 6.07) is 15.5. The minimum Gasteiger partial charge on any atom is -0.490 e. The van der Waals surface area contributed by atoms with Crippen molar-refractivity contribution in [1.82, 2.24) is 15.2 Å². The SMILES string of the molecule is Cc1ccc(C(=O)N2CCC(F)(CNCCOc3cccc4cccnc34)CC2)cc1C. The molecule has 0 radical (unpaired) electrons. The Morgan fingerprint density at radius 3 is 2.69 bits per heavy atom. The molecule has 32 heavy (non-hydrogen) atoms. The van der Waals surface area contributed by atoms with E-state index < -0.39 is 5.67 Å². The number of para-hydroxylation sites is 1. The monoisotopic (exact) mass is 435 g/mol. The summed E-state index contributed by atoms with van der Waals surface area (Å²) in [5.41, 5.74) is 2.46. The molecular formula is C26H30FN3O2. The van der Waals surface area contributed by atoms with Crippen LogP contribution in [0.15, 0.2) is 54.7 Å². The van der Waals surface area contributed by atoms with Gasteiger partial charge in [0.1, 0.15) is 23.5 Å². The fourth-order valence-electron chi connectivity index (χ4n) is 4.08. The lowest BCUT2D eigenvalue weighted by Crippen LogP contribution is -2.49. The van der Waals surface area contributed by atoms with Crippen molar-refractivity contribution in [3.8, 4) is 5.75 Å². The second-order valence-electron chi connectivity index (χ2n) is 8.60. The standard InChI is InChI=1S/C26H30FN3O2/c1-19-8-9-22(17-20(19)2)25(31)30-14-10-26(27,11-15-30)18-28-13-16-32-23-7-3-5-21-6-4-12-29-24(21)23/h3-9,12,17,28H,10-11,13-16,18H2,1-2H3. The lowest BCUT2D eigenvalue weighted by molar-refractivity contribution is 0.0433. The summed E-state index contributed by atoms with van der Waals surface area (Å²) in [5.74, 6) is 0.721. The summed E-state index contributed by atoms with van der Waals surface area (Å²) in [6.45, 7) is 6.13. The number of nitrogens with zero attached hydrogens (tertiary/aromatic N) is 2. The highest BCUT2D eigenvalue weighted by Crippen LogP contribution is 2.27. The Morgan fingerprint density at radius 2 is 1.91 bits per heavy atom. The zero-order valence-corrected chi connectivity index (χ0v) is 18.7. The number of nitrogens with one attached hydrogen (secondary N) is 1. The molecule has 0 unspecified atom stereocenters. The van der Waals surface area contributed by atoms with E-state index in [0.29, 0.717) is 44.6 Å². The third-order valence-electron chi connectivity index (χ3n) is 6.27. The highest BCUT2D eigenvalue weighted by atomic mass is 19.1. The molecule has 1 aliphatic rings. The van der Waals surface area contributed by atoms with Crippen molar-refractivity contribution < 1.29 is 13.9 Å². The number of carbonyl (C=O) groups excluding carboxylic acids is 1. The molecule has 0 spiro atoms. The average Bonchev–Trinajstić information content (AvgIpc) is 2.81. The quantitative estimate of drug-likeness (QED) is 0.557. The predicted octanol–water partition coefficient (Wildman–Crippen LogP) is 4.46. The molecule has 4 rings (SSSR count). The number of aromatic nitrogens is 1. The van der Waals surface area contributed by atoms with Crippen LogP contribution in [0.3, 0.4) is 0 Å². The summed E-state index contributed by atoms with van der Waals surface area (Å²) in [7, 11) is 0. The maximum absolute atomic E-state index is 15.2. The number of ether oxygens (including phenoxy) is 1. The maximum atomic E-state index is 15.2. The van der Waals surface area contributed by atoms with E-state index in [-0.39, 0.29) is 12.5 Å². The second kappa shape index (κ2) is 9.65. The Labute approximate surface area is 188 Å². The first-order valence-corrected chi connectivity index (χ1v) is 11.2. The van der Waals surface area contributed by atoms with Crippen LogP contribution in [-0.2, 0) is 0 Å². The van der Waals surface area contributed by atoms with E-state index >= 15 is 4.39 Å². The van der Waals surface area contributed by atoms with Crippen molar-refractivity contribution >= 4 is 16.8 Å². The molecule has 2 heterocycles. The fraction of sp³-hybridized carbons (Fsp3) is 0.385. The van der Waals surface area contributed by atoms with Gasteiger partial charge in [0.15, 0.2) is 0 Å². The minimum absolute atomic E-state index is 0.0137. The van der Waals surface area contributed by atoms with E-state index in [0.717, 1.165) is 27.8 Å². The molecule has 6 heteroatoms. The number of benzene rings is 2. The average molecular weight is 436 g/mol. The lowest BCUT2D eigenvalue weighted by Gasteiger charge is -2.36. The highest BCUT2D eigenvalue weighted by molar-refractivity contribution is 5.94. The normalized spacial score (nSPS) is 15.7. The van der Waals surface area contributed by atoms with Crippen LogP contribution in [0.25, 0.3) is 10.9 Å². The zero-order valence-electron chi connectivity index (χ0n) is 18.7. The number of rotatable bonds is 7. The van der Waals surface area contributed by atoms with Gasteiger partial charge < -0.3 is 15.0 Å². The van der Waals surface area contributed by atoms with Gasteiger partial charge in [0, 0.05) is 56.2 Å². The fourth-order valence-corrected chi connectivity index (χ4v) is 4.08. The molecule has 1 N–H and O–H groups in total. The number of amides is 1. The number of pyridine rings is 1. The summed E-state index contributed by atoms with van der Waals surface area (Å²) in [5, 5.41) is 4.21. The van der Waals surface area contributed by atoms with Crippen LogP contribution in [0.5, 0.6) is 5.75 Å². The van der Waals surface area contributed by atoms with Gasteiger partial charge in [0.2, 0.25) is 0 Å². The van der Waals surface area contributed by atoms with Gasteiger partial charge >= 0.3 is 0 Å². The van der Waals surface area contributed by atoms with Crippen molar-refractivity contribution in [2.75, 3.05) is 32.8 Å². The van der Waals surface area contributed by atoms with Gasteiger partial charge in [-0.25, -0.2) is 4.39 Å². The third kappa shape index (κ3) is 5.07. The van der Waals surface area contributed by atoms with Crippen molar-refractivity contribution in [3.05, 3.63) is 71.4 Å². The van der Waals surface area contributed by atoms with Crippen molar-refractivity contribution in [1.29, 1.82) is 0 Å². The third-order valence-corrected chi connectivity index (χ3v) is 6.27. The van der Waals surface area contributed by atoms with E-state index in [4.69, 9.17) is 4.74 Å². The van der Waals surface area contributed by atoms with Crippen molar-refractivity contribution in [3.63, 3.8) is 0 Å². The van der Waals surface area contributed by atoms with Crippen LogP contribution in [0.1, 0.15) is 34.3 Å². The molecule has 3 aromatic rings. The lowest BCUT2D eigenvalue weighted by atomic mass is 9.92. The Bertz CT molecular complexity index is 1090. The Balaban J connectivity index is 1.22. The number of hydrogen-bond acceptors (Lipinski definition) is 4. The summed E-state index contributed by atoms with van der Waals surface area (Å²) in [4.78, 5) is 18.9. The summed E-state index contributed by atoms with van der Waals surface area (Å²) >= 11 is 0. The number of carbonyl (C=O) groups is 1. The Hall–Kier alpha value is -2.99. The molecule has 0 atom stereocenters. The van der Waals surface area contributed by atoms with Gasteiger partial charge in [-0.2, -0.15) is 0 Å². The van der Waals surface area contributed by atoms with Crippen LogP contribution in [-0.4, -0.2) is 54.2 Å². The summed E-state index contributed by atoms with van der Waals surface area (Å²) < 4.78 is 21.1. The second-order valence-corrected chi connectivity index (χ2v) is 8.60. The number of hydrogen-bond donors (Lipinski definition) is 1. The number of halogens is 1. The molecule has 2 aromatic carbocycles. The molecule has 168 valence electrons. The first-order chi connectivity index (χ1) is 15.5. The molecule has 0 bridgehead atoms. The number of aryl methyl sites for hydroxylation is 2. The molecule has 1 saturated heterocycles. The van der Waals surface area contributed by atoms with Crippen LogP contribution in [0.4, 0.5) is 4.39 Å². The molecule has 1 fully saturated rings. The van der Waals surface area contributed by atoms with Crippen LogP contribution < -0.4 is 10.1 Å². The maximum Gasteiger partial charge on any atom is 0.253 e. The molecule has 1 aliphatic heterocycles. The minimum atomic E-state index is -1.30. The van der Waals surface area contributed by atoms with Crippen molar-refractivity contribution in [2.45, 2.75) is 32.4 Å². The molecule has 0 saturated carbocycles. The first kappa shape index (κ1) is 22.2. The zero-order chi connectivity index (χ0) is 22.6. The van der Waals surface area contributed by atoms with Gasteiger partial charge in [-0.3, -0.25) is 9.78 Å². The number of likely N-dealkylation sites (tertiary alicyclic amines) is 1. The Morgan fingerprint density at radius 1 is 1.12 bits per heavy atom. The van der Waals surface area contributed by atoms with E-state index in [1.54, 1.807) is 11.1 Å². The van der Waals surface area contributed by atoms with Crippen molar-refractivity contribution in [2.24, 2.45) is 0 Å². The van der Waals surface area contributed by atoms with Crippen LogP contribution in [0.2, 0.25) is 0 Å². The smallest absolute Gasteiger partial charge is 0.253 e. The van der Waals surface area contributed by atoms with Crippen LogP contribution >= 0.6 is 0 Å². The van der Waals surface area contributed by atoms with Gasteiger partial charge in [0.25, 0.3) is 5.91 Å². The van der Waals surface area contributed by atoms with Crippen LogP contribution in [0, 0.1) is 13.8 Å². The number of fused-ring (bicyclic) bond motifs is 1. The van der Waals surface area contributed by atoms with E-state index in [1.165, 1.54) is 0 Å².